The molecular weight excluding hydrogens is 337 g/mol. The molecule has 5 nitrogen and oxygen atoms in total. The Hall–Kier alpha value is -0.160. The average molecular weight is 353 g/mol. The minimum atomic E-state index is -3.27. The molecule has 0 saturated heterocycles. The number of hydrogen-bond donors (Lipinski definition) is 0. The fraction of sp³-hybridized carbons (Fsp3) is 0.545. The fourth-order valence-electron chi connectivity index (χ4n) is 1.14. The quantitative estimate of drug-likeness (QED) is 0.455. The van der Waals surface area contributed by atoms with Crippen molar-refractivity contribution in [3.8, 4) is 11.8 Å². The molecule has 0 bridgehead atoms. The van der Waals surface area contributed by atoms with Crippen molar-refractivity contribution in [2.45, 2.75) is 27.2 Å². The van der Waals surface area contributed by atoms with E-state index < -0.39 is 5.77 Å². The Labute approximate surface area is 131 Å². The summed E-state index contributed by atoms with van der Waals surface area (Å²) >= 11 is 2.86. The predicted octanol–water partition coefficient (Wildman–Crippen LogP) is 5.04. The van der Waals surface area contributed by atoms with Gasteiger partial charge < -0.3 is 12.9 Å². The molecule has 0 amide bonds. The van der Waals surface area contributed by atoms with Gasteiger partial charge in [-0.3, -0.25) is 0 Å². The molecule has 0 unspecified atom stereocenters. The maximum Gasteiger partial charge on any atom is 0.412 e. The van der Waals surface area contributed by atoms with Crippen LogP contribution in [0.1, 0.15) is 30.5 Å². The summed E-state index contributed by atoms with van der Waals surface area (Å²) in [6.45, 7) is 6.38. The third-order valence-corrected chi connectivity index (χ3v) is 7.84. The molecule has 0 spiro atoms. The van der Waals surface area contributed by atoms with Gasteiger partial charge >= 0.3 is 5.77 Å². The minimum Gasteiger partial charge on any atom is -0.424 e. The van der Waals surface area contributed by atoms with Gasteiger partial charge in [0, 0.05) is 4.88 Å². The number of aryl methyl sites for hydroxylation is 1. The van der Waals surface area contributed by atoms with Crippen LogP contribution in [0.3, 0.4) is 0 Å². The Balaban J connectivity index is 2.91. The largest absolute Gasteiger partial charge is 0.424 e. The molecule has 9 heteroatoms. The van der Waals surface area contributed by atoms with Crippen molar-refractivity contribution in [1.82, 2.24) is 0 Å². The van der Waals surface area contributed by atoms with Crippen molar-refractivity contribution in [3.05, 3.63) is 15.8 Å². The van der Waals surface area contributed by atoms with Gasteiger partial charge in [0.1, 0.15) is 34.3 Å². The molecule has 20 heavy (non-hydrogen) atoms. The van der Waals surface area contributed by atoms with Crippen molar-refractivity contribution < 1.29 is 17.5 Å². The number of thiophene rings is 1. The second-order valence-corrected chi connectivity index (χ2v) is 10.8. The Bertz CT molecular complexity index is 502. The highest BCUT2D eigenvalue weighted by Crippen LogP contribution is 2.70. The van der Waals surface area contributed by atoms with E-state index in [1.54, 1.807) is 19.9 Å². The van der Waals surface area contributed by atoms with Crippen molar-refractivity contribution in [1.29, 1.82) is 5.26 Å². The van der Waals surface area contributed by atoms with Gasteiger partial charge in [0.2, 0.25) is 0 Å². The van der Waals surface area contributed by atoms with Gasteiger partial charge in [-0.1, -0.05) is 6.92 Å². The number of hydrogen-bond acceptors (Lipinski definition) is 8. The summed E-state index contributed by atoms with van der Waals surface area (Å²) in [6.07, 6.45) is 0.796. The predicted molar refractivity (Wildman–Crippen MR) is 85.1 cm³/mol. The molecule has 1 aromatic heterocycles. The number of rotatable bonds is 9. The first-order chi connectivity index (χ1) is 9.58. The van der Waals surface area contributed by atoms with Crippen LogP contribution in [0, 0.1) is 11.3 Å². The SMILES string of the molecule is CCOSP(=O)(Oc1cc(CC)sc1C#N)SOCC. The smallest absolute Gasteiger partial charge is 0.412 e. The maximum atomic E-state index is 12.6. The summed E-state index contributed by atoms with van der Waals surface area (Å²) < 4.78 is 28.4. The molecule has 0 aliphatic rings. The molecule has 0 saturated carbocycles. The molecule has 1 rings (SSSR count). The first-order valence-electron chi connectivity index (χ1n) is 6.03. The van der Waals surface area contributed by atoms with Crippen molar-refractivity contribution >= 4 is 40.4 Å². The van der Waals surface area contributed by atoms with Gasteiger partial charge in [-0.05, 0) is 26.3 Å². The van der Waals surface area contributed by atoms with Crippen LogP contribution in [0.5, 0.6) is 5.75 Å². The van der Waals surface area contributed by atoms with E-state index >= 15 is 0 Å². The maximum absolute atomic E-state index is 12.6. The third kappa shape index (κ3) is 5.32. The Kier molecular flexibility index (Phi) is 8.03. The lowest BCUT2D eigenvalue weighted by atomic mass is 10.3. The van der Waals surface area contributed by atoms with Crippen molar-refractivity contribution in [2.75, 3.05) is 13.2 Å². The zero-order chi connectivity index (χ0) is 15.0. The van der Waals surface area contributed by atoms with E-state index in [4.69, 9.17) is 18.2 Å². The van der Waals surface area contributed by atoms with E-state index in [0.717, 1.165) is 34.6 Å². The standard InChI is InChI=1S/C11H16NO4PS3/c1-4-9-7-10(11(8-12)18-9)16-17(13,19-14-5-2)20-15-6-3/h7H,4-6H2,1-3H3. The van der Waals surface area contributed by atoms with Crippen LogP contribution in [-0.4, -0.2) is 13.2 Å². The van der Waals surface area contributed by atoms with Crippen molar-refractivity contribution in [3.63, 3.8) is 0 Å². The summed E-state index contributed by atoms with van der Waals surface area (Å²) in [7, 11) is 0. The Morgan fingerprint density at radius 3 is 2.35 bits per heavy atom. The molecule has 0 N–H and O–H groups in total. The first-order valence-corrected chi connectivity index (χ1v) is 11.2. The van der Waals surface area contributed by atoms with E-state index in [0.29, 0.717) is 23.8 Å². The molecule has 0 aliphatic heterocycles. The Morgan fingerprint density at radius 2 is 1.90 bits per heavy atom. The van der Waals surface area contributed by atoms with Gasteiger partial charge in [0.15, 0.2) is 5.75 Å². The average Bonchev–Trinajstić information content (AvgIpc) is 2.85. The van der Waals surface area contributed by atoms with Crippen LogP contribution in [0.4, 0.5) is 0 Å². The van der Waals surface area contributed by atoms with E-state index in [1.165, 1.54) is 11.3 Å². The lowest BCUT2D eigenvalue weighted by Crippen LogP contribution is -1.90. The first kappa shape index (κ1) is 17.9. The van der Waals surface area contributed by atoms with Gasteiger partial charge in [-0.25, -0.2) is 4.57 Å². The van der Waals surface area contributed by atoms with E-state index in [-0.39, 0.29) is 0 Å². The zero-order valence-electron chi connectivity index (χ0n) is 11.5. The summed E-state index contributed by atoms with van der Waals surface area (Å²) in [5.74, 6) is -2.94. The van der Waals surface area contributed by atoms with Gasteiger partial charge in [-0.2, -0.15) is 5.26 Å². The van der Waals surface area contributed by atoms with Crippen LogP contribution < -0.4 is 4.52 Å². The number of nitrogens with zero attached hydrogens (tertiary/aromatic N) is 1. The zero-order valence-corrected chi connectivity index (χ0v) is 14.8. The summed E-state index contributed by atoms with van der Waals surface area (Å²) in [6, 6.07) is 3.80. The molecule has 1 aromatic rings. The molecule has 0 radical (unpaired) electrons. The highest BCUT2D eigenvalue weighted by molar-refractivity contribution is 8.87. The van der Waals surface area contributed by atoms with Crippen LogP contribution in [0.15, 0.2) is 6.07 Å². The molecule has 0 atom stereocenters. The fourth-order valence-corrected chi connectivity index (χ4v) is 6.11. The Morgan fingerprint density at radius 1 is 1.30 bits per heavy atom. The summed E-state index contributed by atoms with van der Waals surface area (Å²) in [4.78, 5) is 1.42. The second-order valence-electron chi connectivity index (χ2n) is 3.37. The molecule has 0 aliphatic carbocycles. The van der Waals surface area contributed by atoms with Gasteiger partial charge in [-0.15, -0.1) is 11.3 Å². The van der Waals surface area contributed by atoms with Crippen LogP contribution >= 0.6 is 40.4 Å². The highest BCUT2D eigenvalue weighted by atomic mass is 33.1. The highest BCUT2D eigenvalue weighted by Gasteiger charge is 2.31. The molecule has 112 valence electrons. The summed E-state index contributed by atoms with van der Waals surface area (Å²) in [5, 5.41) is 9.09. The molecule has 1 heterocycles. The van der Waals surface area contributed by atoms with Crippen molar-refractivity contribution in [2.24, 2.45) is 0 Å². The monoisotopic (exact) mass is 353 g/mol. The normalized spacial score (nSPS) is 11.3. The third-order valence-electron chi connectivity index (χ3n) is 1.93. The van der Waals surface area contributed by atoms with E-state index in [2.05, 4.69) is 6.07 Å². The summed E-state index contributed by atoms with van der Waals surface area (Å²) in [5.41, 5.74) is 0. The second kappa shape index (κ2) is 8.98. The van der Waals surface area contributed by atoms with Crippen LogP contribution in [0.25, 0.3) is 0 Å². The molecular formula is C11H16NO4PS3. The minimum absolute atomic E-state index is 0.331. The molecule has 0 aromatic carbocycles. The topological polar surface area (TPSA) is 68.5 Å². The van der Waals surface area contributed by atoms with E-state index in [9.17, 15) is 4.57 Å². The molecule has 0 fully saturated rings. The van der Waals surface area contributed by atoms with Crippen LogP contribution in [0.2, 0.25) is 0 Å². The van der Waals surface area contributed by atoms with Gasteiger partial charge in [0.25, 0.3) is 0 Å². The van der Waals surface area contributed by atoms with Gasteiger partial charge in [0.05, 0.1) is 13.2 Å². The van der Waals surface area contributed by atoms with Crippen LogP contribution in [-0.2, 0) is 19.4 Å². The lowest BCUT2D eigenvalue weighted by molar-refractivity contribution is 0.398. The number of nitriles is 1. The lowest BCUT2D eigenvalue weighted by Gasteiger charge is -2.15. The van der Waals surface area contributed by atoms with E-state index in [1.807, 2.05) is 6.92 Å².